The maximum atomic E-state index is 12.6. The smallest absolute Gasteiger partial charge is 0.261 e. The maximum Gasteiger partial charge on any atom is 0.261 e. The lowest BCUT2D eigenvalue weighted by atomic mass is 10.2. The highest BCUT2D eigenvalue weighted by Gasteiger charge is 2.17. The lowest BCUT2D eigenvalue weighted by molar-refractivity contribution is 0.0953. The first-order valence-corrected chi connectivity index (χ1v) is 10.2. The second-order valence-electron chi connectivity index (χ2n) is 5.88. The van der Waals surface area contributed by atoms with Gasteiger partial charge >= 0.3 is 0 Å². The lowest BCUT2D eigenvalue weighted by Crippen LogP contribution is -2.26. The van der Waals surface area contributed by atoms with Crippen LogP contribution < -0.4 is 10.0 Å². The highest BCUT2D eigenvalue weighted by Crippen LogP contribution is 2.20. The molecule has 0 fully saturated rings. The third-order valence-corrected chi connectivity index (χ3v) is 5.29. The minimum Gasteiger partial charge on any atom is -0.352 e. The van der Waals surface area contributed by atoms with E-state index < -0.39 is 15.9 Å². The molecule has 0 aliphatic carbocycles. The Morgan fingerprint density at radius 2 is 1.96 bits per heavy atom. The van der Waals surface area contributed by atoms with Crippen LogP contribution >= 0.6 is 11.6 Å². The monoisotopic (exact) mass is 420 g/mol. The molecule has 0 saturated carbocycles. The Balaban J connectivity index is 1.67. The molecule has 10 heteroatoms. The number of aromatic nitrogens is 2. The van der Waals surface area contributed by atoms with Crippen LogP contribution in [0.3, 0.4) is 0 Å². The van der Waals surface area contributed by atoms with Crippen LogP contribution in [0, 0.1) is 6.92 Å². The Hall–Kier alpha value is -2.91. The Labute approximate surface area is 167 Å². The van der Waals surface area contributed by atoms with Crippen LogP contribution in [0.1, 0.15) is 22.1 Å². The average molecular weight is 421 g/mol. The first-order chi connectivity index (χ1) is 13.3. The standard InChI is InChI=1S/C18H17ClN4O4S/c1-12-21-17(27-22-12)8-9-20-18(24)13-4-2-7-16(10-13)28(25,26)23-15-6-3-5-14(19)11-15/h2-7,10-11,23H,8-9H2,1H3,(H,20,24). The van der Waals surface area contributed by atoms with E-state index >= 15 is 0 Å². The SMILES string of the molecule is Cc1noc(CCNC(=O)c2cccc(S(=O)(=O)Nc3cccc(Cl)c3)c2)n1. The van der Waals surface area contributed by atoms with Crippen LogP contribution in [0.4, 0.5) is 5.69 Å². The molecule has 0 saturated heterocycles. The number of amides is 1. The molecule has 0 radical (unpaired) electrons. The van der Waals surface area contributed by atoms with Crippen LogP contribution in [0.15, 0.2) is 57.9 Å². The molecule has 28 heavy (non-hydrogen) atoms. The zero-order chi connectivity index (χ0) is 20.1. The molecule has 3 aromatic rings. The van der Waals surface area contributed by atoms with Gasteiger partial charge < -0.3 is 9.84 Å². The van der Waals surface area contributed by atoms with Gasteiger partial charge in [0.25, 0.3) is 15.9 Å². The van der Waals surface area contributed by atoms with E-state index in [1.807, 2.05) is 0 Å². The Morgan fingerprint density at radius 3 is 2.68 bits per heavy atom. The summed E-state index contributed by atoms with van der Waals surface area (Å²) in [6.07, 6.45) is 0.376. The van der Waals surface area contributed by atoms with Crippen LogP contribution in [0.2, 0.25) is 5.02 Å². The van der Waals surface area contributed by atoms with Gasteiger partial charge in [0.1, 0.15) is 0 Å². The molecule has 0 aliphatic heterocycles. The highest BCUT2D eigenvalue weighted by atomic mass is 35.5. The van der Waals surface area contributed by atoms with Crippen LogP contribution in [0.25, 0.3) is 0 Å². The number of halogens is 1. The number of carbonyl (C=O) groups is 1. The molecule has 3 rings (SSSR count). The van der Waals surface area contributed by atoms with Gasteiger partial charge in [-0.2, -0.15) is 4.98 Å². The van der Waals surface area contributed by atoms with Crippen molar-refractivity contribution < 1.29 is 17.7 Å². The van der Waals surface area contributed by atoms with Gasteiger partial charge in [-0.15, -0.1) is 0 Å². The number of rotatable bonds is 7. The molecule has 1 amide bonds. The van der Waals surface area contributed by atoms with Gasteiger partial charge in [0.05, 0.1) is 10.6 Å². The molecule has 1 aromatic heterocycles. The predicted octanol–water partition coefficient (Wildman–Crippen LogP) is 2.80. The van der Waals surface area contributed by atoms with Gasteiger partial charge in [-0.05, 0) is 43.3 Å². The first kappa shape index (κ1) is 19.8. The summed E-state index contributed by atoms with van der Waals surface area (Å²) >= 11 is 5.88. The summed E-state index contributed by atoms with van der Waals surface area (Å²) in [6.45, 7) is 1.98. The molecule has 146 valence electrons. The maximum absolute atomic E-state index is 12.6. The summed E-state index contributed by atoms with van der Waals surface area (Å²) in [5.74, 6) is 0.530. The van der Waals surface area contributed by atoms with E-state index in [-0.39, 0.29) is 17.0 Å². The van der Waals surface area contributed by atoms with Crippen LogP contribution in [-0.4, -0.2) is 31.0 Å². The molecule has 2 aromatic carbocycles. The quantitative estimate of drug-likeness (QED) is 0.607. The van der Waals surface area contributed by atoms with Crippen molar-refractivity contribution >= 4 is 33.2 Å². The second kappa shape index (κ2) is 8.41. The fourth-order valence-corrected chi connectivity index (χ4v) is 3.68. The van der Waals surface area contributed by atoms with E-state index in [0.717, 1.165) is 0 Å². The minimum absolute atomic E-state index is 0.0346. The summed E-state index contributed by atoms with van der Waals surface area (Å²) < 4.78 is 32.6. The number of aryl methyl sites for hydroxylation is 1. The van der Waals surface area contributed by atoms with Gasteiger partial charge in [-0.1, -0.05) is 28.9 Å². The molecular formula is C18H17ClN4O4S. The second-order valence-corrected chi connectivity index (χ2v) is 8.00. The number of benzene rings is 2. The molecule has 2 N–H and O–H groups in total. The van der Waals surface area contributed by atoms with E-state index in [1.54, 1.807) is 25.1 Å². The van der Waals surface area contributed by atoms with Crippen molar-refractivity contribution in [2.45, 2.75) is 18.2 Å². The van der Waals surface area contributed by atoms with Gasteiger partial charge in [0.2, 0.25) is 5.89 Å². The van der Waals surface area contributed by atoms with Crippen molar-refractivity contribution in [3.8, 4) is 0 Å². The van der Waals surface area contributed by atoms with Crippen molar-refractivity contribution in [1.29, 1.82) is 0 Å². The molecule has 0 unspecified atom stereocenters. The molecule has 8 nitrogen and oxygen atoms in total. The first-order valence-electron chi connectivity index (χ1n) is 8.29. The lowest BCUT2D eigenvalue weighted by Gasteiger charge is -2.10. The zero-order valence-corrected chi connectivity index (χ0v) is 16.4. The summed E-state index contributed by atoms with van der Waals surface area (Å²) in [5, 5.41) is 6.77. The number of carbonyl (C=O) groups excluding carboxylic acids is 1. The Morgan fingerprint density at radius 1 is 1.18 bits per heavy atom. The van der Waals surface area contributed by atoms with Crippen molar-refractivity contribution in [2.24, 2.45) is 0 Å². The van der Waals surface area contributed by atoms with Gasteiger partial charge in [0.15, 0.2) is 5.82 Å². The van der Waals surface area contributed by atoms with Gasteiger partial charge in [0, 0.05) is 23.6 Å². The molecule has 0 spiro atoms. The van der Waals surface area contributed by atoms with E-state index in [2.05, 4.69) is 20.2 Å². The summed E-state index contributed by atoms with van der Waals surface area (Å²) in [7, 11) is -3.87. The van der Waals surface area contributed by atoms with Gasteiger partial charge in [-0.25, -0.2) is 8.42 Å². The number of hydrogen-bond donors (Lipinski definition) is 2. The highest BCUT2D eigenvalue weighted by molar-refractivity contribution is 7.92. The largest absolute Gasteiger partial charge is 0.352 e. The predicted molar refractivity (Wildman–Crippen MR) is 104 cm³/mol. The normalized spacial score (nSPS) is 11.2. The van der Waals surface area contributed by atoms with Crippen LogP contribution in [-0.2, 0) is 16.4 Å². The van der Waals surface area contributed by atoms with E-state index in [1.165, 1.54) is 30.3 Å². The zero-order valence-electron chi connectivity index (χ0n) is 14.8. The molecule has 0 bridgehead atoms. The molecule has 0 aliphatic rings. The number of anilines is 1. The summed E-state index contributed by atoms with van der Waals surface area (Å²) in [6, 6.07) is 12.1. The number of sulfonamides is 1. The van der Waals surface area contributed by atoms with Crippen molar-refractivity contribution in [2.75, 3.05) is 11.3 Å². The van der Waals surface area contributed by atoms with Gasteiger partial charge in [-0.3, -0.25) is 9.52 Å². The van der Waals surface area contributed by atoms with Crippen molar-refractivity contribution in [3.05, 3.63) is 70.8 Å². The minimum atomic E-state index is -3.87. The summed E-state index contributed by atoms with van der Waals surface area (Å²) in [4.78, 5) is 16.3. The number of nitrogens with zero attached hydrogens (tertiary/aromatic N) is 2. The molecule has 1 heterocycles. The number of nitrogens with one attached hydrogen (secondary N) is 2. The Kier molecular flexibility index (Phi) is 5.96. The third-order valence-electron chi connectivity index (χ3n) is 3.68. The average Bonchev–Trinajstić information content (AvgIpc) is 3.06. The Bertz CT molecular complexity index is 1100. The fourth-order valence-electron chi connectivity index (χ4n) is 2.40. The van der Waals surface area contributed by atoms with Crippen molar-refractivity contribution in [1.82, 2.24) is 15.5 Å². The molecule has 0 atom stereocenters. The van der Waals surface area contributed by atoms with E-state index in [0.29, 0.717) is 28.8 Å². The molecular weight excluding hydrogens is 404 g/mol. The van der Waals surface area contributed by atoms with Crippen LogP contribution in [0.5, 0.6) is 0 Å². The van der Waals surface area contributed by atoms with E-state index in [4.69, 9.17) is 16.1 Å². The topological polar surface area (TPSA) is 114 Å². The van der Waals surface area contributed by atoms with Crippen molar-refractivity contribution in [3.63, 3.8) is 0 Å². The fraction of sp³-hybridized carbons (Fsp3) is 0.167. The van der Waals surface area contributed by atoms with E-state index in [9.17, 15) is 13.2 Å². The third kappa shape index (κ3) is 5.08. The summed E-state index contributed by atoms with van der Waals surface area (Å²) in [5.41, 5.74) is 0.549. The number of hydrogen-bond acceptors (Lipinski definition) is 6.